The summed E-state index contributed by atoms with van der Waals surface area (Å²) in [5, 5.41) is 12.1. The lowest BCUT2D eigenvalue weighted by Gasteiger charge is -2.33. The van der Waals surface area contributed by atoms with Gasteiger partial charge in [0.15, 0.2) is 0 Å². The van der Waals surface area contributed by atoms with Gasteiger partial charge in [-0.15, -0.1) is 0 Å². The number of hydrogen-bond acceptors (Lipinski definition) is 3. The van der Waals surface area contributed by atoms with Crippen LogP contribution in [-0.2, 0) is 0 Å². The minimum atomic E-state index is -0.0147. The van der Waals surface area contributed by atoms with E-state index in [0.29, 0.717) is 11.4 Å². The number of nitriles is 1. The van der Waals surface area contributed by atoms with Crippen molar-refractivity contribution < 1.29 is 0 Å². The zero-order valence-electron chi connectivity index (χ0n) is 10.6. The summed E-state index contributed by atoms with van der Waals surface area (Å²) in [6.07, 6.45) is 2.03. The normalized spacial score (nSPS) is 19.2. The van der Waals surface area contributed by atoms with Crippen LogP contribution in [0.5, 0.6) is 0 Å². The molecular formula is C14H18N4. The Morgan fingerprint density at radius 1 is 1.33 bits per heavy atom. The third-order valence-electron chi connectivity index (χ3n) is 3.57. The molecule has 0 unspecified atom stereocenters. The van der Waals surface area contributed by atoms with Crippen molar-refractivity contribution in [3.63, 3.8) is 0 Å². The lowest BCUT2D eigenvalue weighted by Crippen LogP contribution is -2.43. The van der Waals surface area contributed by atoms with Crippen molar-refractivity contribution in [2.75, 3.05) is 13.1 Å². The van der Waals surface area contributed by atoms with E-state index in [1.54, 1.807) is 12.1 Å². The first-order valence-corrected chi connectivity index (χ1v) is 6.20. The molecule has 0 amide bonds. The Labute approximate surface area is 108 Å². The first-order chi connectivity index (χ1) is 8.64. The van der Waals surface area contributed by atoms with Gasteiger partial charge < -0.3 is 11.1 Å². The van der Waals surface area contributed by atoms with Crippen LogP contribution in [0.15, 0.2) is 29.3 Å². The summed E-state index contributed by atoms with van der Waals surface area (Å²) in [5.74, 6) is 0.689. The maximum Gasteiger partial charge on any atom is 0.106 e. The molecule has 0 atom stereocenters. The van der Waals surface area contributed by atoms with E-state index in [1.807, 2.05) is 12.1 Å². The molecule has 4 nitrogen and oxygen atoms in total. The summed E-state index contributed by atoms with van der Waals surface area (Å²) < 4.78 is 0. The minimum Gasteiger partial charge on any atom is -0.387 e. The predicted octanol–water partition coefficient (Wildman–Crippen LogP) is 1.94. The molecule has 4 heteroatoms. The van der Waals surface area contributed by atoms with Crippen LogP contribution in [-0.4, -0.2) is 18.9 Å². The van der Waals surface area contributed by atoms with E-state index in [1.165, 1.54) is 0 Å². The average molecular weight is 242 g/mol. The SMILES string of the molecule is CC1(C(N)=Nc2ccc(C#N)cc2)CCNCC1. The zero-order chi connectivity index (χ0) is 13.0. The minimum absolute atomic E-state index is 0.0147. The van der Waals surface area contributed by atoms with Gasteiger partial charge in [-0.2, -0.15) is 5.26 Å². The fourth-order valence-corrected chi connectivity index (χ4v) is 2.12. The van der Waals surface area contributed by atoms with E-state index < -0.39 is 0 Å². The molecule has 1 aliphatic heterocycles. The van der Waals surface area contributed by atoms with Gasteiger partial charge in [0.05, 0.1) is 17.3 Å². The summed E-state index contributed by atoms with van der Waals surface area (Å²) in [6.45, 7) is 4.14. The van der Waals surface area contributed by atoms with Crippen molar-refractivity contribution >= 4 is 11.5 Å². The number of benzene rings is 1. The van der Waals surface area contributed by atoms with E-state index in [9.17, 15) is 0 Å². The summed E-state index contributed by atoms with van der Waals surface area (Å²) in [5.41, 5.74) is 7.58. The average Bonchev–Trinajstić information content (AvgIpc) is 2.40. The largest absolute Gasteiger partial charge is 0.387 e. The van der Waals surface area contributed by atoms with Gasteiger partial charge in [-0.3, -0.25) is 0 Å². The Kier molecular flexibility index (Phi) is 3.63. The van der Waals surface area contributed by atoms with Gasteiger partial charge in [-0.1, -0.05) is 6.92 Å². The quantitative estimate of drug-likeness (QED) is 0.614. The van der Waals surface area contributed by atoms with Gasteiger partial charge >= 0.3 is 0 Å². The van der Waals surface area contributed by atoms with Crippen LogP contribution >= 0.6 is 0 Å². The van der Waals surface area contributed by atoms with Gasteiger partial charge in [-0.25, -0.2) is 4.99 Å². The molecule has 1 aromatic carbocycles. The fraction of sp³-hybridized carbons (Fsp3) is 0.429. The summed E-state index contributed by atoms with van der Waals surface area (Å²) in [4.78, 5) is 4.49. The molecule has 0 radical (unpaired) electrons. The number of nitrogens with one attached hydrogen (secondary N) is 1. The van der Waals surface area contributed by atoms with Crippen LogP contribution in [0.3, 0.4) is 0 Å². The molecule has 0 bridgehead atoms. The highest BCUT2D eigenvalue weighted by molar-refractivity contribution is 5.88. The highest BCUT2D eigenvalue weighted by Crippen LogP contribution is 2.29. The Balaban J connectivity index is 2.18. The molecule has 0 spiro atoms. The Morgan fingerprint density at radius 3 is 2.50 bits per heavy atom. The highest BCUT2D eigenvalue weighted by Gasteiger charge is 2.30. The third kappa shape index (κ3) is 2.69. The number of rotatable bonds is 2. The molecule has 94 valence electrons. The number of piperidine rings is 1. The van der Waals surface area contributed by atoms with Crippen LogP contribution in [0, 0.1) is 16.7 Å². The predicted molar refractivity (Wildman–Crippen MR) is 72.7 cm³/mol. The summed E-state index contributed by atoms with van der Waals surface area (Å²) in [6, 6.07) is 9.27. The number of hydrogen-bond donors (Lipinski definition) is 2. The number of amidine groups is 1. The standard InChI is InChI=1S/C14H18N4/c1-14(6-8-17-9-7-14)13(16)18-12-4-2-11(10-15)3-5-12/h2-5,17H,6-9H2,1H3,(H2,16,18). The van der Waals surface area contributed by atoms with Crippen molar-refractivity contribution in [1.82, 2.24) is 5.32 Å². The molecule has 1 fully saturated rings. The second-order valence-corrected chi connectivity index (χ2v) is 4.97. The Bertz CT molecular complexity index is 476. The molecule has 0 aliphatic carbocycles. The molecule has 0 saturated carbocycles. The van der Waals surface area contributed by atoms with Crippen LogP contribution in [0.4, 0.5) is 5.69 Å². The molecule has 3 N–H and O–H groups in total. The number of aliphatic imine (C=N–C) groups is 1. The van der Waals surface area contributed by atoms with Crippen molar-refractivity contribution in [2.24, 2.45) is 16.1 Å². The van der Waals surface area contributed by atoms with Gasteiger partial charge in [0.2, 0.25) is 0 Å². The molecule has 18 heavy (non-hydrogen) atoms. The maximum atomic E-state index is 8.74. The molecule has 1 saturated heterocycles. The lowest BCUT2D eigenvalue weighted by molar-refractivity contribution is 0.326. The van der Waals surface area contributed by atoms with Gasteiger partial charge in [-0.05, 0) is 50.2 Å². The first kappa shape index (κ1) is 12.6. The summed E-state index contributed by atoms with van der Waals surface area (Å²) in [7, 11) is 0. The number of nitrogens with zero attached hydrogens (tertiary/aromatic N) is 2. The molecule has 1 heterocycles. The van der Waals surface area contributed by atoms with Crippen LogP contribution in [0.2, 0.25) is 0 Å². The van der Waals surface area contributed by atoms with E-state index in [0.717, 1.165) is 31.6 Å². The highest BCUT2D eigenvalue weighted by atomic mass is 14.9. The van der Waals surface area contributed by atoms with E-state index >= 15 is 0 Å². The van der Waals surface area contributed by atoms with Crippen molar-refractivity contribution in [2.45, 2.75) is 19.8 Å². The van der Waals surface area contributed by atoms with E-state index in [-0.39, 0.29) is 5.41 Å². The van der Waals surface area contributed by atoms with E-state index in [4.69, 9.17) is 11.0 Å². The summed E-state index contributed by atoms with van der Waals surface area (Å²) >= 11 is 0. The third-order valence-corrected chi connectivity index (χ3v) is 3.57. The number of nitrogens with two attached hydrogens (primary N) is 1. The second kappa shape index (κ2) is 5.19. The Morgan fingerprint density at radius 2 is 1.94 bits per heavy atom. The molecule has 1 aromatic rings. The van der Waals surface area contributed by atoms with Crippen molar-refractivity contribution in [3.05, 3.63) is 29.8 Å². The van der Waals surface area contributed by atoms with Gasteiger partial charge in [0, 0.05) is 5.41 Å². The molecule has 2 rings (SSSR count). The maximum absolute atomic E-state index is 8.74. The smallest absolute Gasteiger partial charge is 0.106 e. The fourth-order valence-electron chi connectivity index (χ4n) is 2.12. The topological polar surface area (TPSA) is 74.2 Å². The van der Waals surface area contributed by atoms with Crippen LogP contribution in [0.1, 0.15) is 25.3 Å². The van der Waals surface area contributed by atoms with Crippen LogP contribution < -0.4 is 11.1 Å². The lowest BCUT2D eigenvalue weighted by atomic mass is 9.80. The monoisotopic (exact) mass is 242 g/mol. The van der Waals surface area contributed by atoms with Gasteiger partial charge in [0.1, 0.15) is 5.84 Å². The second-order valence-electron chi connectivity index (χ2n) is 4.97. The molecule has 1 aliphatic rings. The van der Waals surface area contributed by atoms with Crippen LogP contribution in [0.25, 0.3) is 0 Å². The van der Waals surface area contributed by atoms with Crippen molar-refractivity contribution in [1.29, 1.82) is 5.26 Å². The molecular weight excluding hydrogens is 224 g/mol. The first-order valence-electron chi connectivity index (χ1n) is 6.20. The van der Waals surface area contributed by atoms with Gasteiger partial charge in [0.25, 0.3) is 0 Å². The Hall–Kier alpha value is -1.86. The zero-order valence-corrected chi connectivity index (χ0v) is 10.6. The molecule has 0 aromatic heterocycles. The van der Waals surface area contributed by atoms with Crippen molar-refractivity contribution in [3.8, 4) is 6.07 Å². The van der Waals surface area contributed by atoms with E-state index in [2.05, 4.69) is 23.3 Å².